The molecule has 0 aliphatic heterocycles. The van der Waals surface area contributed by atoms with Gasteiger partial charge in [0.1, 0.15) is 6.04 Å². The van der Waals surface area contributed by atoms with Crippen molar-refractivity contribution in [2.24, 2.45) is 0 Å². The Morgan fingerprint density at radius 1 is 1.44 bits per heavy atom. The molecule has 1 atom stereocenters. The number of halogens is 3. The number of nitrogens with one attached hydrogen (secondary N) is 1. The lowest BCUT2D eigenvalue weighted by atomic mass is 10.1. The lowest BCUT2D eigenvalue weighted by Gasteiger charge is -2.15. The van der Waals surface area contributed by atoms with Gasteiger partial charge in [-0.05, 0) is 11.6 Å². The average molecular weight is 262 g/mol. The van der Waals surface area contributed by atoms with Gasteiger partial charge in [-0.2, -0.15) is 13.2 Å². The zero-order valence-corrected chi connectivity index (χ0v) is 8.94. The molecule has 0 aliphatic carbocycles. The predicted octanol–water partition coefficient (Wildman–Crippen LogP) is 0.756. The summed E-state index contributed by atoms with van der Waals surface area (Å²) in [4.78, 5) is 25.1. The standard InChI is InChI=1S/C10H9F3N2O3/c11-10(12,13)9(18)15-7(8(16)17)4-6-2-1-3-14-5-6/h1-3,5,7H,4H2,(H,15,18)(H,16,17)/t7-/m0/s1. The van der Waals surface area contributed by atoms with E-state index in [9.17, 15) is 22.8 Å². The van der Waals surface area contributed by atoms with E-state index in [0.29, 0.717) is 5.56 Å². The number of aromatic nitrogens is 1. The van der Waals surface area contributed by atoms with Gasteiger partial charge in [0.2, 0.25) is 0 Å². The van der Waals surface area contributed by atoms with Crippen molar-refractivity contribution in [2.45, 2.75) is 18.6 Å². The van der Waals surface area contributed by atoms with E-state index in [-0.39, 0.29) is 6.42 Å². The van der Waals surface area contributed by atoms with Crippen LogP contribution in [0.4, 0.5) is 13.2 Å². The van der Waals surface area contributed by atoms with Crippen LogP contribution in [0.5, 0.6) is 0 Å². The Morgan fingerprint density at radius 3 is 2.56 bits per heavy atom. The summed E-state index contributed by atoms with van der Waals surface area (Å²) in [6.07, 6.45) is -2.63. The average Bonchev–Trinajstić information content (AvgIpc) is 2.28. The van der Waals surface area contributed by atoms with Crippen molar-refractivity contribution in [3.8, 4) is 0 Å². The Kier molecular flexibility index (Phi) is 4.24. The first-order valence-corrected chi connectivity index (χ1v) is 4.80. The van der Waals surface area contributed by atoms with Crippen molar-refractivity contribution in [3.63, 3.8) is 0 Å². The zero-order valence-electron chi connectivity index (χ0n) is 8.94. The molecule has 0 bridgehead atoms. The summed E-state index contributed by atoms with van der Waals surface area (Å²) in [7, 11) is 0. The summed E-state index contributed by atoms with van der Waals surface area (Å²) in [5.74, 6) is -3.82. The number of aliphatic carboxylic acids is 1. The van der Waals surface area contributed by atoms with E-state index in [1.54, 1.807) is 0 Å². The number of hydrogen-bond acceptors (Lipinski definition) is 3. The van der Waals surface area contributed by atoms with Crippen LogP contribution in [0.2, 0.25) is 0 Å². The topological polar surface area (TPSA) is 79.3 Å². The Bertz CT molecular complexity index is 434. The first-order valence-electron chi connectivity index (χ1n) is 4.80. The van der Waals surface area contributed by atoms with Gasteiger partial charge in [0, 0.05) is 18.8 Å². The van der Waals surface area contributed by atoms with Gasteiger partial charge in [0.15, 0.2) is 0 Å². The third-order valence-corrected chi connectivity index (χ3v) is 2.02. The minimum Gasteiger partial charge on any atom is -0.480 e. The van der Waals surface area contributed by atoms with Gasteiger partial charge in [0.05, 0.1) is 0 Å². The second kappa shape index (κ2) is 5.48. The van der Waals surface area contributed by atoms with E-state index in [1.165, 1.54) is 29.8 Å². The maximum absolute atomic E-state index is 12.0. The number of carboxylic acids is 1. The minimum atomic E-state index is -5.11. The van der Waals surface area contributed by atoms with Crippen molar-refractivity contribution < 1.29 is 27.9 Å². The molecular weight excluding hydrogens is 253 g/mol. The van der Waals surface area contributed by atoms with Gasteiger partial charge in [0.25, 0.3) is 0 Å². The maximum Gasteiger partial charge on any atom is 0.471 e. The highest BCUT2D eigenvalue weighted by Crippen LogP contribution is 2.15. The number of nitrogens with zero attached hydrogens (tertiary/aromatic N) is 1. The molecule has 1 aromatic rings. The molecule has 0 saturated heterocycles. The zero-order chi connectivity index (χ0) is 13.8. The molecule has 1 heterocycles. The molecule has 0 saturated carbocycles. The van der Waals surface area contributed by atoms with Gasteiger partial charge >= 0.3 is 18.1 Å². The van der Waals surface area contributed by atoms with Crippen LogP contribution in [0.15, 0.2) is 24.5 Å². The number of hydrogen-bond donors (Lipinski definition) is 2. The summed E-state index contributed by atoms with van der Waals surface area (Å²) in [5.41, 5.74) is 0.410. The van der Waals surface area contributed by atoms with Crippen molar-refractivity contribution in [1.29, 1.82) is 0 Å². The molecular formula is C10H9F3N2O3. The predicted molar refractivity (Wildman–Crippen MR) is 53.6 cm³/mol. The van der Waals surface area contributed by atoms with Crippen LogP contribution in [0.3, 0.4) is 0 Å². The maximum atomic E-state index is 12.0. The molecule has 2 N–H and O–H groups in total. The second-order valence-electron chi connectivity index (χ2n) is 3.43. The second-order valence-corrected chi connectivity index (χ2v) is 3.43. The summed E-state index contributed by atoms with van der Waals surface area (Å²) in [6, 6.07) is 1.37. The summed E-state index contributed by atoms with van der Waals surface area (Å²) < 4.78 is 36.0. The molecule has 98 valence electrons. The smallest absolute Gasteiger partial charge is 0.471 e. The molecule has 0 fully saturated rings. The van der Waals surface area contributed by atoms with E-state index in [0.717, 1.165) is 0 Å². The fourth-order valence-electron chi connectivity index (χ4n) is 1.19. The molecule has 0 unspecified atom stereocenters. The van der Waals surface area contributed by atoms with Crippen molar-refractivity contribution in [2.75, 3.05) is 0 Å². The van der Waals surface area contributed by atoms with E-state index < -0.39 is 24.1 Å². The molecule has 18 heavy (non-hydrogen) atoms. The normalized spacial score (nSPS) is 12.8. The van der Waals surface area contributed by atoms with Gasteiger partial charge in [-0.15, -0.1) is 0 Å². The number of pyridine rings is 1. The molecule has 0 aromatic carbocycles. The van der Waals surface area contributed by atoms with E-state index in [4.69, 9.17) is 5.11 Å². The number of carboxylic acid groups (broad SMARTS) is 1. The molecule has 0 radical (unpaired) electrons. The van der Waals surface area contributed by atoms with Crippen LogP contribution < -0.4 is 5.32 Å². The molecule has 5 nitrogen and oxygen atoms in total. The summed E-state index contributed by atoms with van der Waals surface area (Å²) in [5, 5.41) is 10.2. The van der Waals surface area contributed by atoms with Gasteiger partial charge in [-0.25, -0.2) is 4.79 Å². The number of amides is 1. The number of alkyl halides is 3. The van der Waals surface area contributed by atoms with Crippen LogP contribution in [0, 0.1) is 0 Å². The monoisotopic (exact) mass is 262 g/mol. The third-order valence-electron chi connectivity index (χ3n) is 2.02. The van der Waals surface area contributed by atoms with Gasteiger partial charge in [-0.3, -0.25) is 9.78 Å². The molecule has 8 heteroatoms. The van der Waals surface area contributed by atoms with Crippen LogP contribution in [-0.2, 0) is 16.0 Å². The number of rotatable bonds is 4. The first kappa shape index (κ1) is 13.9. The molecule has 1 aromatic heterocycles. The lowest BCUT2D eigenvalue weighted by Crippen LogP contribution is -2.47. The van der Waals surface area contributed by atoms with Gasteiger partial charge in [-0.1, -0.05) is 6.07 Å². The number of carbonyl (C=O) groups is 2. The highest BCUT2D eigenvalue weighted by atomic mass is 19.4. The van der Waals surface area contributed by atoms with Crippen LogP contribution in [-0.4, -0.2) is 34.2 Å². The summed E-state index contributed by atoms with van der Waals surface area (Å²) in [6.45, 7) is 0. The van der Waals surface area contributed by atoms with Crippen LogP contribution in [0.1, 0.15) is 5.56 Å². The molecule has 1 amide bonds. The van der Waals surface area contributed by atoms with E-state index in [2.05, 4.69) is 4.98 Å². The van der Waals surface area contributed by atoms with Crippen molar-refractivity contribution in [1.82, 2.24) is 10.3 Å². The quantitative estimate of drug-likeness (QED) is 0.839. The van der Waals surface area contributed by atoms with E-state index in [1.807, 2.05) is 0 Å². The highest BCUT2D eigenvalue weighted by molar-refractivity contribution is 5.87. The van der Waals surface area contributed by atoms with E-state index >= 15 is 0 Å². The lowest BCUT2D eigenvalue weighted by molar-refractivity contribution is -0.175. The molecule has 0 aliphatic rings. The SMILES string of the molecule is O=C(O)[C@H](Cc1cccnc1)NC(=O)C(F)(F)F. The first-order chi connectivity index (χ1) is 8.30. The largest absolute Gasteiger partial charge is 0.480 e. The minimum absolute atomic E-state index is 0.273. The Morgan fingerprint density at radius 2 is 2.11 bits per heavy atom. The third kappa shape index (κ3) is 4.04. The molecule has 1 rings (SSSR count). The highest BCUT2D eigenvalue weighted by Gasteiger charge is 2.40. The van der Waals surface area contributed by atoms with Crippen LogP contribution in [0.25, 0.3) is 0 Å². The van der Waals surface area contributed by atoms with Crippen LogP contribution >= 0.6 is 0 Å². The Labute approximate surface area is 99.6 Å². The summed E-state index contributed by atoms with van der Waals surface area (Å²) >= 11 is 0. The Hall–Kier alpha value is -2.12. The van der Waals surface area contributed by atoms with Crippen molar-refractivity contribution >= 4 is 11.9 Å². The fraction of sp³-hybridized carbons (Fsp3) is 0.300. The fourth-order valence-corrected chi connectivity index (χ4v) is 1.19. The van der Waals surface area contributed by atoms with Gasteiger partial charge < -0.3 is 10.4 Å². The molecule has 0 spiro atoms. The van der Waals surface area contributed by atoms with Crippen molar-refractivity contribution in [3.05, 3.63) is 30.1 Å². The Balaban J connectivity index is 2.73. The number of carbonyl (C=O) groups excluding carboxylic acids is 1.